The summed E-state index contributed by atoms with van der Waals surface area (Å²) in [6.45, 7) is 10.4. The van der Waals surface area contributed by atoms with E-state index in [9.17, 15) is 0 Å². The van der Waals surface area contributed by atoms with Crippen LogP contribution in [0.15, 0.2) is 41.8 Å². The quantitative estimate of drug-likeness (QED) is 0.573. The van der Waals surface area contributed by atoms with Crippen LogP contribution in [0.4, 0.5) is 5.69 Å². The van der Waals surface area contributed by atoms with Crippen LogP contribution in [0.5, 0.6) is 5.75 Å². The molecule has 1 aliphatic heterocycles. The van der Waals surface area contributed by atoms with E-state index in [1.807, 2.05) is 10.7 Å². The predicted octanol–water partition coefficient (Wildman–Crippen LogP) is 3.80. The lowest BCUT2D eigenvalue weighted by Crippen LogP contribution is -2.48. The molecular formula is C22H30N6OS. The van der Waals surface area contributed by atoms with Crippen molar-refractivity contribution >= 4 is 17.0 Å². The van der Waals surface area contributed by atoms with Gasteiger partial charge in [-0.25, -0.2) is 4.68 Å². The van der Waals surface area contributed by atoms with E-state index < -0.39 is 0 Å². The smallest absolute Gasteiger partial charge is 0.174 e. The molecule has 0 aliphatic carbocycles. The SMILES string of the molecule is CCC(C)(C)n1nnnc1[C@@H](c1cccs1)N1CCN(c2cccc(OC)c2)CC1. The van der Waals surface area contributed by atoms with Gasteiger partial charge in [0.05, 0.1) is 12.6 Å². The fraction of sp³-hybridized carbons (Fsp3) is 0.500. The van der Waals surface area contributed by atoms with Gasteiger partial charge in [-0.05, 0) is 54.3 Å². The Kier molecular flexibility index (Phi) is 6.06. The molecule has 3 aromatic rings. The Hall–Kier alpha value is -2.45. The molecule has 30 heavy (non-hydrogen) atoms. The lowest BCUT2D eigenvalue weighted by atomic mass is 10.0. The van der Waals surface area contributed by atoms with Gasteiger partial charge in [-0.15, -0.1) is 16.4 Å². The van der Waals surface area contributed by atoms with Crippen molar-refractivity contribution < 1.29 is 4.74 Å². The van der Waals surface area contributed by atoms with Crippen LogP contribution in [0.2, 0.25) is 0 Å². The number of aromatic nitrogens is 4. The highest BCUT2D eigenvalue weighted by Crippen LogP contribution is 2.34. The van der Waals surface area contributed by atoms with Gasteiger partial charge in [0.2, 0.25) is 0 Å². The van der Waals surface area contributed by atoms with E-state index in [1.165, 1.54) is 10.6 Å². The number of methoxy groups -OCH3 is 1. The Morgan fingerprint density at radius 2 is 1.93 bits per heavy atom. The van der Waals surface area contributed by atoms with E-state index in [-0.39, 0.29) is 11.6 Å². The summed E-state index contributed by atoms with van der Waals surface area (Å²) in [6.07, 6.45) is 0.964. The number of rotatable bonds is 7. The monoisotopic (exact) mass is 426 g/mol. The van der Waals surface area contributed by atoms with E-state index in [4.69, 9.17) is 4.74 Å². The lowest BCUT2D eigenvalue weighted by Gasteiger charge is -2.40. The summed E-state index contributed by atoms with van der Waals surface area (Å²) in [5.74, 6) is 1.83. The molecule has 1 fully saturated rings. The third-order valence-corrected chi connectivity index (χ3v) is 7.01. The first-order chi connectivity index (χ1) is 14.5. The third-order valence-electron chi connectivity index (χ3n) is 6.09. The van der Waals surface area contributed by atoms with Crippen molar-refractivity contribution in [1.29, 1.82) is 0 Å². The molecule has 1 atom stereocenters. The second-order valence-electron chi connectivity index (χ2n) is 8.26. The second-order valence-corrected chi connectivity index (χ2v) is 9.24. The van der Waals surface area contributed by atoms with Crippen LogP contribution in [0, 0.1) is 0 Å². The van der Waals surface area contributed by atoms with E-state index in [0.717, 1.165) is 44.2 Å². The van der Waals surface area contributed by atoms with Gasteiger partial charge in [0.15, 0.2) is 5.82 Å². The minimum absolute atomic E-state index is 0.0679. The van der Waals surface area contributed by atoms with Crippen molar-refractivity contribution in [3.8, 4) is 5.75 Å². The maximum absolute atomic E-state index is 5.40. The Morgan fingerprint density at radius 1 is 1.13 bits per heavy atom. The number of tetrazole rings is 1. The zero-order chi connectivity index (χ0) is 21.1. The van der Waals surface area contributed by atoms with E-state index >= 15 is 0 Å². The summed E-state index contributed by atoms with van der Waals surface area (Å²) in [7, 11) is 1.71. The summed E-state index contributed by atoms with van der Waals surface area (Å²) in [6, 6.07) is 12.7. The van der Waals surface area contributed by atoms with Crippen LogP contribution in [0.25, 0.3) is 0 Å². The van der Waals surface area contributed by atoms with Crippen LogP contribution in [-0.4, -0.2) is 58.4 Å². The zero-order valence-corrected chi connectivity index (χ0v) is 19.0. The number of hydrogen-bond acceptors (Lipinski definition) is 7. The van der Waals surface area contributed by atoms with E-state index in [2.05, 4.69) is 81.8 Å². The van der Waals surface area contributed by atoms with Gasteiger partial charge < -0.3 is 9.64 Å². The van der Waals surface area contributed by atoms with Crippen LogP contribution in [0.3, 0.4) is 0 Å². The Morgan fingerprint density at radius 3 is 2.60 bits per heavy atom. The summed E-state index contributed by atoms with van der Waals surface area (Å²) < 4.78 is 7.42. The normalized spacial score (nSPS) is 16.6. The number of nitrogens with zero attached hydrogens (tertiary/aromatic N) is 6. The van der Waals surface area contributed by atoms with Crippen molar-refractivity contribution in [2.45, 2.75) is 38.8 Å². The topological polar surface area (TPSA) is 59.3 Å². The van der Waals surface area contributed by atoms with Gasteiger partial charge in [-0.2, -0.15) is 0 Å². The number of anilines is 1. The molecule has 2 aromatic heterocycles. The van der Waals surface area contributed by atoms with Gasteiger partial charge in [0, 0.05) is 42.8 Å². The molecule has 0 bridgehead atoms. The molecule has 7 nitrogen and oxygen atoms in total. The van der Waals surface area contributed by atoms with E-state index in [0.29, 0.717) is 0 Å². The largest absolute Gasteiger partial charge is 0.497 e. The molecule has 4 rings (SSSR count). The van der Waals surface area contributed by atoms with Gasteiger partial charge in [-0.3, -0.25) is 4.90 Å². The summed E-state index contributed by atoms with van der Waals surface area (Å²) in [5, 5.41) is 15.1. The first-order valence-corrected chi connectivity index (χ1v) is 11.4. The Bertz CT molecular complexity index is 946. The predicted molar refractivity (Wildman–Crippen MR) is 120 cm³/mol. The Balaban J connectivity index is 1.58. The molecule has 160 valence electrons. The molecule has 1 aliphatic rings. The zero-order valence-electron chi connectivity index (χ0n) is 18.2. The van der Waals surface area contributed by atoms with Crippen LogP contribution < -0.4 is 9.64 Å². The summed E-state index contributed by atoms with van der Waals surface area (Å²) in [4.78, 5) is 6.22. The summed E-state index contributed by atoms with van der Waals surface area (Å²) in [5.41, 5.74) is 1.08. The summed E-state index contributed by atoms with van der Waals surface area (Å²) >= 11 is 1.77. The average Bonchev–Trinajstić information content (AvgIpc) is 3.48. The van der Waals surface area contributed by atoms with Crippen LogP contribution in [-0.2, 0) is 5.54 Å². The molecular weight excluding hydrogens is 396 g/mol. The molecule has 1 aromatic carbocycles. The highest BCUT2D eigenvalue weighted by molar-refractivity contribution is 7.10. The maximum atomic E-state index is 5.40. The lowest BCUT2D eigenvalue weighted by molar-refractivity contribution is 0.189. The molecule has 0 radical (unpaired) electrons. The Labute approximate surface area is 182 Å². The standard InChI is InChI=1S/C22H30N6OS/c1-5-22(2,3)28-21(23-24-25-28)20(19-10-7-15-30-19)27-13-11-26(12-14-27)17-8-6-9-18(16-17)29-4/h6-10,15-16,20H,5,11-14H2,1-4H3/t20-/m1/s1. The molecule has 0 saturated carbocycles. The van der Waals surface area contributed by atoms with Crippen LogP contribution in [0.1, 0.15) is 43.9 Å². The minimum Gasteiger partial charge on any atom is -0.497 e. The van der Waals surface area contributed by atoms with Gasteiger partial charge in [0.25, 0.3) is 0 Å². The fourth-order valence-corrected chi connectivity index (χ4v) is 4.76. The molecule has 8 heteroatoms. The first kappa shape index (κ1) is 20.8. The number of thiophene rings is 1. The second kappa shape index (κ2) is 8.73. The number of piperazine rings is 1. The van der Waals surface area contributed by atoms with Gasteiger partial charge in [-0.1, -0.05) is 19.1 Å². The van der Waals surface area contributed by atoms with E-state index in [1.54, 1.807) is 18.4 Å². The van der Waals surface area contributed by atoms with Crippen molar-refractivity contribution in [3.05, 3.63) is 52.5 Å². The highest BCUT2D eigenvalue weighted by Gasteiger charge is 2.34. The maximum Gasteiger partial charge on any atom is 0.174 e. The molecule has 3 heterocycles. The minimum atomic E-state index is -0.128. The number of benzene rings is 1. The number of hydrogen-bond donors (Lipinski definition) is 0. The van der Waals surface area contributed by atoms with Crippen LogP contribution >= 0.6 is 11.3 Å². The van der Waals surface area contributed by atoms with Gasteiger partial charge in [0.1, 0.15) is 11.8 Å². The molecule has 0 amide bonds. The van der Waals surface area contributed by atoms with Crippen molar-refractivity contribution in [2.24, 2.45) is 0 Å². The molecule has 0 unspecified atom stereocenters. The number of ether oxygens (including phenoxy) is 1. The molecule has 0 N–H and O–H groups in total. The van der Waals surface area contributed by atoms with Gasteiger partial charge >= 0.3 is 0 Å². The third kappa shape index (κ3) is 4.06. The molecule has 1 saturated heterocycles. The first-order valence-electron chi connectivity index (χ1n) is 10.5. The van der Waals surface area contributed by atoms with Crippen molar-refractivity contribution in [1.82, 2.24) is 25.1 Å². The highest BCUT2D eigenvalue weighted by atomic mass is 32.1. The van der Waals surface area contributed by atoms with Crippen molar-refractivity contribution in [3.63, 3.8) is 0 Å². The average molecular weight is 427 g/mol. The molecule has 0 spiro atoms. The van der Waals surface area contributed by atoms with Crippen molar-refractivity contribution in [2.75, 3.05) is 38.2 Å². The fourth-order valence-electron chi connectivity index (χ4n) is 3.91.